The summed E-state index contributed by atoms with van der Waals surface area (Å²) in [6.45, 7) is 2.62. The van der Waals surface area contributed by atoms with E-state index in [4.69, 9.17) is 5.73 Å². The summed E-state index contributed by atoms with van der Waals surface area (Å²) in [6, 6.07) is 0.00738. The first-order valence-electron chi connectivity index (χ1n) is 6.65. The Labute approximate surface area is 108 Å². The lowest BCUT2D eigenvalue weighted by Crippen LogP contribution is -2.44. The molecule has 2 N–H and O–H groups in total. The first kappa shape index (κ1) is 13.1. The molecule has 0 aliphatic heterocycles. The first-order valence-corrected chi connectivity index (χ1v) is 6.65. The summed E-state index contributed by atoms with van der Waals surface area (Å²) < 4.78 is 1.95. The standard InChI is InChI=1S/C13H22N4O/c1-3-4-11(14)13(18)17(10-5-6-10)9-12-15-7-8-16(12)2/h7-8,10-11H,3-6,9,14H2,1-2H3. The molecule has 1 amide bonds. The molecule has 0 saturated heterocycles. The van der Waals surface area contributed by atoms with Gasteiger partial charge in [0.2, 0.25) is 5.91 Å². The van der Waals surface area contributed by atoms with Crippen molar-refractivity contribution < 1.29 is 4.79 Å². The van der Waals surface area contributed by atoms with Crippen molar-refractivity contribution in [3.05, 3.63) is 18.2 Å². The van der Waals surface area contributed by atoms with E-state index in [0.29, 0.717) is 12.6 Å². The Morgan fingerprint density at radius 1 is 1.67 bits per heavy atom. The Bertz CT molecular complexity index is 411. The van der Waals surface area contributed by atoms with E-state index in [1.807, 2.05) is 29.6 Å². The highest BCUT2D eigenvalue weighted by atomic mass is 16.2. The smallest absolute Gasteiger partial charge is 0.240 e. The topological polar surface area (TPSA) is 64.2 Å². The Morgan fingerprint density at radius 2 is 2.39 bits per heavy atom. The summed E-state index contributed by atoms with van der Waals surface area (Å²) in [5.74, 6) is 0.987. The maximum Gasteiger partial charge on any atom is 0.240 e. The molecule has 0 aromatic carbocycles. The molecule has 1 atom stereocenters. The molecule has 1 saturated carbocycles. The molecule has 1 aromatic heterocycles. The Kier molecular flexibility index (Phi) is 4.01. The number of aryl methyl sites for hydroxylation is 1. The van der Waals surface area contributed by atoms with E-state index < -0.39 is 0 Å². The largest absolute Gasteiger partial charge is 0.337 e. The van der Waals surface area contributed by atoms with Crippen LogP contribution >= 0.6 is 0 Å². The summed E-state index contributed by atoms with van der Waals surface area (Å²) >= 11 is 0. The van der Waals surface area contributed by atoms with Gasteiger partial charge in [-0.1, -0.05) is 13.3 Å². The minimum atomic E-state index is -0.365. The van der Waals surface area contributed by atoms with E-state index in [-0.39, 0.29) is 11.9 Å². The fraction of sp³-hybridized carbons (Fsp3) is 0.692. The zero-order chi connectivity index (χ0) is 13.1. The number of aromatic nitrogens is 2. The molecule has 0 bridgehead atoms. The average Bonchev–Trinajstić information content (AvgIpc) is 3.10. The van der Waals surface area contributed by atoms with Crippen molar-refractivity contribution in [3.8, 4) is 0 Å². The van der Waals surface area contributed by atoms with Gasteiger partial charge >= 0.3 is 0 Å². The molecule has 2 rings (SSSR count). The molecular weight excluding hydrogens is 228 g/mol. The highest BCUT2D eigenvalue weighted by Crippen LogP contribution is 2.28. The van der Waals surface area contributed by atoms with Crippen LogP contribution in [0.5, 0.6) is 0 Å². The van der Waals surface area contributed by atoms with Crippen molar-refractivity contribution in [3.63, 3.8) is 0 Å². The first-order chi connectivity index (χ1) is 8.63. The van der Waals surface area contributed by atoms with Gasteiger partial charge in [-0.05, 0) is 19.3 Å². The van der Waals surface area contributed by atoms with Gasteiger partial charge in [0.1, 0.15) is 5.82 Å². The Morgan fingerprint density at radius 3 is 2.89 bits per heavy atom. The summed E-state index contributed by atoms with van der Waals surface area (Å²) in [5, 5.41) is 0. The predicted octanol–water partition coefficient (Wildman–Crippen LogP) is 1.04. The molecular formula is C13H22N4O. The molecule has 0 radical (unpaired) electrons. The van der Waals surface area contributed by atoms with Crippen molar-refractivity contribution >= 4 is 5.91 Å². The minimum Gasteiger partial charge on any atom is -0.337 e. The Balaban J connectivity index is 2.04. The van der Waals surface area contributed by atoms with Crippen molar-refractivity contribution in [2.75, 3.05) is 0 Å². The summed E-state index contributed by atoms with van der Waals surface area (Å²) in [6.07, 6.45) is 7.54. The van der Waals surface area contributed by atoms with Crippen molar-refractivity contribution in [1.82, 2.24) is 14.5 Å². The molecule has 1 aliphatic rings. The summed E-state index contributed by atoms with van der Waals surface area (Å²) in [7, 11) is 1.95. The van der Waals surface area contributed by atoms with Gasteiger partial charge in [0.05, 0.1) is 12.6 Å². The van der Waals surface area contributed by atoms with E-state index in [1.165, 1.54) is 0 Å². The van der Waals surface area contributed by atoms with Gasteiger partial charge in [0, 0.05) is 25.5 Å². The third-order valence-electron chi connectivity index (χ3n) is 3.42. The van der Waals surface area contributed by atoms with Crippen LogP contribution in [0, 0.1) is 0 Å². The second-order valence-electron chi connectivity index (χ2n) is 5.05. The molecule has 0 spiro atoms. The second-order valence-corrected chi connectivity index (χ2v) is 5.05. The number of nitrogens with zero attached hydrogens (tertiary/aromatic N) is 3. The molecule has 1 unspecified atom stereocenters. The zero-order valence-electron chi connectivity index (χ0n) is 11.2. The number of nitrogens with two attached hydrogens (primary N) is 1. The van der Waals surface area contributed by atoms with Crippen LogP contribution in [0.1, 0.15) is 38.4 Å². The average molecular weight is 250 g/mol. The number of imidazole rings is 1. The highest BCUT2D eigenvalue weighted by Gasteiger charge is 2.35. The lowest BCUT2D eigenvalue weighted by Gasteiger charge is -2.25. The molecule has 1 fully saturated rings. The number of carbonyl (C=O) groups excluding carboxylic acids is 1. The van der Waals surface area contributed by atoms with E-state index in [2.05, 4.69) is 4.98 Å². The SMILES string of the molecule is CCCC(N)C(=O)N(Cc1nccn1C)C1CC1. The lowest BCUT2D eigenvalue weighted by atomic mass is 10.1. The van der Waals surface area contributed by atoms with Gasteiger partial charge in [-0.3, -0.25) is 4.79 Å². The van der Waals surface area contributed by atoms with Gasteiger partial charge in [-0.15, -0.1) is 0 Å². The van der Waals surface area contributed by atoms with Gasteiger partial charge in [-0.25, -0.2) is 4.98 Å². The van der Waals surface area contributed by atoms with Crippen molar-refractivity contribution in [1.29, 1.82) is 0 Å². The molecule has 100 valence electrons. The van der Waals surface area contributed by atoms with Crippen LogP contribution in [0.3, 0.4) is 0 Å². The number of hydrogen-bond donors (Lipinski definition) is 1. The molecule has 1 aliphatic carbocycles. The van der Waals surface area contributed by atoms with Crippen LogP contribution in [0.15, 0.2) is 12.4 Å². The monoisotopic (exact) mass is 250 g/mol. The van der Waals surface area contributed by atoms with Gasteiger partial charge in [0.25, 0.3) is 0 Å². The summed E-state index contributed by atoms with van der Waals surface area (Å²) in [5.41, 5.74) is 5.94. The van der Waals surface area contributed by atoms with Crippen LogP contribution in [0.25, 0.3) is 0 Å². The normalized spacial score (nSPS) is 16.6. The molecule has 5 heteroatoms. The fourth-order valence-electron chi connectivity index (χ4n) is 2.12. The third kappa shape index (κ3) is 2.90. The maximum atomic E-state index is 12.3. The molecule has 18 heavy (non-hydrogen) atoms. The fourth-order valence-corrected chi connectivity index (χ4v) is 2.12. The van der Waals surface area contributed by atoms with Crippen LogP contribution in [-0.4, -0.2) is 32.4 Å². The quantitative estimate of drug-likeness (QED) is 0.820. The zero-order valence-corrected chi connectivity index (χ0v) is 11.2. The maximum absolute atomic E-state index is 12.3. The van der Waals surface area contributed by atoms with E-state index >= 15 is 0 Å². The highest BCUT2D eigenvalue weighted by molar-refractivity contribution is 5.82. The van der Waals surface area contributed by atoms with Crippen LogP contribution in [0.4, 0.5) is 0 Å². The van der Waals surface area contributed by atoms with Crippen LogP contribution in [0.2, 0.25) is 0 Å². The second kappa shape index (κ2) is 5.52. The van der Waals surface area contributed by atoms with Gasteiger partial charge in [-0.2, -0.15) is 0 Å². The van der Waals surface area contributed by atoms with E-state index in [0.717, 1.165) is 31.5 Å². The van der Waals surface area contributed by atoms with Gasteiger partial charge in [0.15, 0.2) is 0 Å². The summed E-state index contributed by atoms with van der Waals surface area (Å²) in [4.78, 5) is 18.5. The number of amides is 1. The van der Waals surface area contributed by atoms with Crippen molar-refractivity contribution in [2.24, 2.45) is 12.8 Å². The van der Waals surface area contributed by atoms with E-state index in [9.17, 15) is 4.79 Å². The predicted molar refractivity (Wildman–Crippen MR) is 69.7 cm³/mol. The van der Waals surface area contributed by atoms with E-state index in [1.54, 1.807) is 6.20 Å². The molecule has 1 aromatic rings. The number of carbonyl (C=O) groups is 1. The molecule has 5 nitrogen and oxygen atoms in total. The number of rotatable bonds is 6. The lowest BCUT2D eigenvalue weighted by molar-refractivity contribution is -0.134. The van der Waals surface area contributed by atoms with Crippen LogP contribution < -0.4 is 5.73 Å². The Hall–Kier alpha value is -1.36. The van der Waals surface area contributed by atoms with Gasteiger partial charge < -0.3 is 15.2 Å². The van der Waals surface area contributed by atoms with Crippen LogP contribution in [-0.2, 0) is 18.4 Å². The van der Waals surface area contributed by atoms with Crippen molar-refractivity contribution in [2.45, 2.75) is 51.2 Å². The third-order valence-corrected chi connectivity index (χ3v) is 3.42. The number of hydrogen-bond acceptors (Lipinski definition) is 3. The molecule has 1 heterocycles. The minimum absolute atomic E-state index is 0.0716.